The molecule has 0 radical (unpaired) electrons. The van der Waals surface area contributed by atoms with Crippen LogP contribution >= 0.6 is 11.3 Å². The quantitative estimate of drug-likeness (QED) is 0.889. The van der Waals surface area contributed by atoms with Crippen LogP contribution in [0, 0.1) is 20.8 Å². The standard InChI is InChI=1S/C14H23N3OS/c1-9-7-15-5-6-17(9)8-13(18)16-14-11(3)10(2)12(4)19-14/h9,15H,5-8H2,1-4H3,(H,16,18)/t9-/m1/s1. The van der Waals surface area contributed by atoms with Crippen LogP contribution < -0.4 is 10.6 Å². The Bertz CT molecular complexity index is 470. The molecule has 0 bridgehead atoms. The molecule has 1 fully saturated rings. The lowest BCUT2D eigenvalue weighted by Gasteiger charge is -2.33. The molecular weight excluding hydrogens is 258 g/mol. The summed E-state index contributed by atoms with van der Waals surface area (Å²) in [4.78, 5) is 15.6. The lowest BCUT2D eigenvalue weighted by Crippen LogP contribution is -2.51. The van der Waals surface area contributed by atoms with E-state index in [1.165, 1.54) is 16.0 Å². The molecular formula is C14H23N3OS. The van der Waals surface area contributed by atoms with Gasteiger partial charge in [-0.2, -0.15) is 0 Å². The van der Waals surface area contributed by atoms with E-state index in [-0.39, 0.29) is 5.91 Å². The molecule has 106 valence electrons. The molecule has 1 aromatic rings. The minimum Gasteiger partial charge on any atom is -0.316 e. The van der Waals surface area contributed by atoms with Crippen LogP contribution in [0.25, 0.3) is 0 Å². The lowest BCUT2D eigenvalue weighted by molar-refractivity contribution is -0.118. The largest absolute Gasteiger partial charge is 0.316 e. The molecule has 0 unspecified atom stereocenters. The number of hydrogen-bond donors (Lipinski definition) is 2. The van der Waals surface area contributed by atoms with E-state index in [0.717, 1.165) is 24.6 Å². The lowest BCUT2D eigenvalue weighted by atomic mass is 10.2. The van der Waals surface area contributed by atoms with Crippen molar-refractivity contribution in [1.29, 1.82) is 0 Å². The number of nitrogens with one attached hydrogen (secondary N) is 2. The maximum atomic E-state index is 12.1. The van der Waals surface area contributed by atoms with Crippen molar-refractivity contribution in [3.05, 3.63) is 16.0 Å². The molecule has 2 heterocycles. The second-order valence-corrected chi connectivity index (χ2v) is 6.53. The van der Waals surface area contributed by atoms with Crippen molar-refractivity contribution < 1.29 is 4.79 Å². The number of carbonyl (C=O) groups is 1. The number of carbonyl (C=O) groups excluding carboxylic acids is 1. The third-order valence-electron chi connectivity index (χ3n) is 3.92. The fourth-order valence-corrected chi connectivity index (χ4v) is 3.41. The average Bonchev–Trinajstić information content (AvgIpc) is 2.60. The molecule has 4 nitrogen and oxygen atoms in total. The highest BCUT2D eigenvalue weighted by Gasteiger charge is 2.21. The van der Waals surface area contributed by atoms with Gasteiger partial charge >= 0.3 is 0 Å². The zero-order valence-corrected chi connectivity index (χ0v) is 13.0. The molecule has 0 aliphatic carbocycles. The molecule has 1 saturated heterocycles. The zero-order chi connectivity index (χ0) is 14.0. The van der Waals surface area contributed by atoms with Gasteiger partial charge in [-0.05, 0) is 38.8 Å². The Morgan fingerprint density at radius 1 is 1.42 bits per heavy atom. The van der Waals surface area contributed by atoms with Gasteiger partial charge in [-0.1, -0.05) is 0 Å². The summed E-state index contributed by atoms with van der Waals surface area (Å²) in [7, 11) is 0. The van der Waals surface area contributed by atoms with E-state index >= 15 is 0 Å². The Hall–Kier alpha value is -0.910. The monoisotopic (exact) mass is 281 g/mol. The number of hydrogen-bond acceptors (Lipinski definition) is 4. The molecule has 2 rings (SSSR count). The number of piperazine rings is 1. The van der Waals surface area contributed by atoms with E-state index in [1.807, 2.05) is 0 Å². The predicted octanol–water partition coefficient (Wildman–Crippen LogP) is 1.91. The number of aryl methyl sites for hydroxylation is 1. The van der Waals surface area contributed by atoms with E-state index in [0.29, 0.717) is 12.6 Å². The molecule has 1 atom stereocenters. The summed E-state index contributed by atoms with van der Waals surface area (Å²) in [6, 6.07) is 0.424. The van der Waals surface area contributed by atoms with E-state index in [4.69, 9.17) is 0 Å². The fourth-order valence-electron chi connectivity index (χ4n) is 2.33. The van der Waals surface area contributed by atoms with Gasteiger partial charge in [0.15, 0.2) is 0 Å². The van der Waals surface area contributed by atoms with Gasteiger partial charge < -0.3 is 10.6 Å². The van der Waals surface area contributed by atoms with Crippen LogP contribution in [0.4, 0.5) is 5.00 Å². The molecule has 5 heteroatoms. The number of amides is 1. The molecule has 0 spiro atoms. The molecule has 1 aromatic heterocycles. The van der Waals surface area contributed by atoms with Crippen molar-refractivity contribution in [2.45, 2.75) is 33.7 Å². The molecule has 1 amide bonds. The molecule has 19 heavy (non-hydrogen) atoms. The Morgan fingerprint density at radius 3 is 2.74 bits per heavy atom. The van der Waals surface area contributed by atoms with Crippen LogP contribution in [-0.4, -0.2) is 43.0 Å². The van der Waals surface area contributed by atoms with Crippen LogP contribution in [-0.2, 0) is 4.79 Å². The van der Waals surface area contributed by atoms with Gasteiger partial charge in [0.2, 0.25) is 5.91 Å². The topological polar surface area (TPSA) is 44.4 Å². The van der Waals surface area contributed by atoms with Crippen LogP contribution in [0.15, 0.2) is 0 Å². The Balaban J connectivity index is 1.95. The third-order valence-corrected chi connectivity index (χ3v) is 5.15. The summed E-state index contributed by atoms with van der Waals surface area (Å²) in [5.74, 6) is 0.0955. The second-order valence-electron chi connectivity index (χ2n) is 5.31. The highest BCUT2D eigenvalue weighted by Crippen LogP contribution is 2.31. The first-order valence-corrected chi connectivity index (χ1v) is 7.62. The van der Waals surface area contributed by atoms with Gasteiger partial charge in [-0.15, -0.1) is 11.3 Å². The zero-order valence-electron chi connectivity index (χ0n) is 12.2. The van der Waals surface area contributed by atoms with Crippen molar-refractivity contribution in [3.8, 4) is 0 Å². The smallest absolute Gasteiger partial charge is 0.239 e. The highest BCUT2D eigenvalue weighted by molar-refractivity contribution is 7.16. The second kappa shape index (κ2) is 6.03. The molecule has 0 saturated carbocycles. The predicted molar refractivity (Wildman–Crippen MR) is 81.1 cm³/mol. The van der Waals surface area contributed by atoms with Crippen molar-refractivity contribution in [2.24, 2.45) is 0 Å². The summed E-state index contributed by atoms with van der Waals surface area (Å²) < 4.78 is 0. The first kappa shape index (κ1) is 14.5. The van der Waals surface area contributed by atoms with Gasteiger partial charge in [0.05, 0.1) is 11.5 Å². The van der Waals surface area contributed by atoms with E-state index in [9.17, 15) is 4.79 Å². The fraction of sp³-hybridized carbons (Fsp3) is 0.643. The van der Waals surface area contributed by atoms with Crippen LogP contribution in [0.1, 0.15) is 22.9 Å². The van der Waals surface area contributed by atoms with E-state index < -0.39 is 0 Å². The molecule has 1 aliphatic rings. The molecule has 2 N–H and O–H groups in total. The normalized spacial score (nSPS) is 20.5. The molecule has 0 aromatic carbocycles. The average molecular weight is 281 g/mol. The van der Waals surface area contributed by atoms with Gasteiger partial charge in [-0.25, -0.2) is 0 Å². The number of nitrogens with zero attached hydrogens (tertiary/aromatic N) is 1. The van der Waals surface area contributed by atoms with Crippen molar-refractivity contribution >= 4 is 22.2 Å². The van der Waals surface area contributed by atoms with Gasteiger partial charge in [0.25, 0.3) is 0 Å². The minimum atomic E-state index is 0.0955. The Morgan fingerprint density at radius 2 is 2.16 bits per heavy atom. The maximum absolute atomic E-state index is 12.1. The SMILES string of the molecule is Cc1sc(NC(=O)CN2CCNC[C@H]2C)c(C)c1C. The number of thiophene rings is 1. The Kier molecular flexibility index (Phi) is 4.60. The van der Waals surface area contributed by atoms with Gasteiger partial charge in [0, 0.05) is 30.6 Å². The first-order valence-electron chi connectivity index (χ1n) is 6.80. The van der Waals surface area contributed by atoms with Crippen molar-refractivity contribution in [3.63, 3.8) is 0 Å². The minimum absolute atomic E-state index is 0.0955. The third kappa shape index (κ3) is 3.35. The first-order chi connectivity index (χ1) is 8.99. The van der Waals surface area contributed by atoms with Crippen molar-refractivity contribution in [2.75, 3.05) is 31.5 Å². The maximum Gasteiger partial charge on any atom is 0.239 e. The Labute approximate surface area is 119 Å². The number of rotatable bonds is 3. The number of anilines is 1. The summed E-state index contributed by atoms with van der Waals surface area (Å²) in [6.07, 6.45) is 0. The van der Waals surface area contributed by atoms with Gasteiger partial charge in [-0.3, -0.25) is 9.69 Å². The van der Waals surface area contributed by atoms with Crippen LogP contribution in [0.3, 0.4) is 0 Å². The van der Waals surface area contributed by atoms with Crippen LogP contribution in [0.2, 0.25) is 0 Å². The van der Waals surface area contributed by atoms with Crippen molar-refractivity contribution in [1.82, 2.24) is 10.2 Å². The van der Waals surface area contributed by atoms with Gasteiger partial charge in [0.1, 0.15) is 0 Å². The highest BCUT2D eigenvalue weighted by atomic mass is 32.1. The van der Waals surface area contributed by atoms with E-state index in [2.05, 4.69) is 43.2 Å². The summed E-state index contributed by atoms with van der Waals surface area (Å²) >= 11 is 1.67. The van der Waals surface area contributed by atoms with E-state index in [1.54, 1.807) is 11.3 Å². The van der Waals surface area contributed by atoms with Crippen LogP contribution in [0.5, 0.6) is 0 Å². The summed E-state index contributed by atoms with van der Waals surface area (Å²) in [5, 5.41) is 7.40. The summed E-state index contributed by atoms with van der Waals surface area (Å²) in [5.41, 5.74) is 2.49. The summed E-state index contributed by atoms with van der Waals surface area (Å²) in [6.45, 7) is 11.8. The molecule has 1 aliphatic heterocycles.